The first-order chi connectivity index (χ1) is 16.5. The number of hydrogen-bond donors (Lipinski definition) is 1. The molecule has 1 aromatic heterocycles. The number of urea groups is 1. The molecule has 182 valence electrons. The third-order valence-electron chi connectivity index (χ3n) is 6.82. The summed E-state index contributed by atoms with van der Waals surface area (Å²) in [7, 11) is 2.96. The van der Waals surface area contributed by atoms with Gasteiger partial charge in [0.25, 0.3) is 0 Å². The zero-order chi connectivity index (χ0) is 24.1. The van der Waals surface area contributed by atoms with Crippen molar-refractivity contribution in [2.45, 2.75) is 51.0 Å². The molecule has 1 fully saturated rings. The molecular formula is C26H33FN4O3. The number of benzene rings is 1. The number of nitrogens with zero attached hydrogens (tertiary/aromatic N) is 3. The Kier molecular flexibility index (Phi) is 7.65. The monoisotopic (exact) mass is 468 g/mol. The van der Waals surface area contributed by atoms with Gasteiger partial charge in [0.05, 0.1) is 19.6 Å². The number of pyridine rings is 1. The van der Waals surface area contributed by atoms with Gasteiger partial charge in [0.2, 0.25) is 5.91 Å². The van der Waals surface area contributed by atoms with Crippen molar-refractivity contribution < 1.29 is 18.7 Å². The first kappa shape index (κ1) is 24.0. The Balaban J connectivity index is 1.40. The summed E-state index contributed by atoms with van der Waals surface area (Å²) in [4.78, 5) is 33.7. The van der Waals surface area contributed by atoms with Gasteiger partial charge in [-0.05, 0) is 67.9 Å². The van der Waals surface area contributed by atoms with Crippen LogP contribution in [0.3, 0.4) is 0 Å². The smallest absolute Gasteiger partial charge is 0.320 e. The minimum atomic E-state index is -0.542. The van der Waals surface area contributed by atoms with Gasteiger partial charge in [0, 0.05) is 38.1 Å². The SMILES string of the molecule is CNC(=O)C[C@@H](c1ccc(OC)c(F)c1)N1CCN(CCCc2ccc3c(n2)CCCC3)C1=O. The Bertz CT molecular complexity index is 1040. The van der Waals surface area contributed by atoms with Crippen molar-refractivity contribution in [2.75, 3.05) is 33.8 Å². The standard InChI is InChI=1S/C26H33FN4O3/c1-28-25(32)17-23(19-10-12-24(34-2)21(27)16-19)31-15-14-30(26(31)33)13-5-7-20-11-9-18-6-3-4-8-22(18)29-20/h9-12,16,23H,3-8,13-15,17H2,1-2H3,(H,28,32)/t23-/m0/s1. The minimum absolute atomic E-state index is 0.0703. The predicted molar refractivity (Wildman–Crippen MR) is 127 cm³/mol. The number of amides is 3. The summed E-state index contributed by atoms with van der Waals surface area (Å²) in [5.41, 5.74) is 4.26. The molecule has 4 rings (SSSR count). The van der Waals surface area contributed by atoms with Crippen molar-refractivity contribution in [3.63, 3.8) is 0 Å². The summed E-state index contributed by atoms with van der Waals surface area (Å²) in [6, 6.07) is 8.25. The van der Waals surface area contributed by atoms with Crippen molar-refractivity contribution in [1.29, 1.82) is 0 Å². The van der Waals surface area contributed by atoms with Gasteiger partial charge >= 0.3 is 6.03 Å². The number of carbonyl (C=O) groups excluding carboxylic acids is 2. The quantitative estimate of drug-likeness (QED) is 0.610. The largest absolute Gasteiger partial charge is 0.494 e. The van der Waals surface area contributed by atoms with E-state index < -0.39 is 11.9 Å². The first-order valence-electron chi connectivity index (χ1n) is 12.1. The molecule has 2 aromatic rings. The van der Waals surface area contributed by atoms with Gasteiger partial charge in [-0.25, -0.2) is 9.18 Å². The van der Waals surface area contributed by atoms with Crippen molar-refractivity contribution in [3.05, 3.63) is 58.7 Å². The second-order valence-electron chi connectivity index (χ2n) is 8.97. The van der Waals surface area contributed by atoms with E-state index in [9.17, 15) is 14.0 Å². The fourth-order valence-electron chi connectivity index (χ4n) is 4.89. The number of rotatable bonds is 9. The van der Waals surface area contributed by atoms with Gasteiger partial charge in [0.1, 0.15) is 0 Å². The average Bonchev–Trinajstić information content (AvgIpc) is 3.22. The van der Waals surface area contributed by atoms with Gasteiger partial charge in [-0.3, -0.25) is 9.78 Å². The van der Waals surface area contributed by atoms with Crippen LogP contribution in [0.15, 0.2) is 30.3 Å². The van der Waals surface area contributed by atoms with Crippen molar-refractivity contribution in [3.8, 4) is 5.75 Å². The Morgan fingerprint density at radius 1 is 1.21 bits per heavy atom. The number of halogens is 1. The highest BCUT2D eigenvalue weighted by molar-refractivity contribution is 5.80. The minimum Gasteiger partial charge on any atom is -0.494 e. The Hall–Kier alpha value is -3.16. The van der Waals surface area contributed by atoms with Crippen LogP contribution in [0.25, 0.3) is 0 Å². The Morgan fingerprint density at radius 3 is 2.79 bits per heavy atom. The highest BCUT2D eigenvalue weighted by Gasteiger charge is 2.35. The van der Waals surface area contributed by atoms with Crippen LogP contribution in [0.2, 0.25) is 0 Å². The summed E-state index contributed by atoms with van der Waals surface area (Å²) in [5, 5.41) is 2.61. The molecule has 0 radical (unpaired) electrons. The normalized spacial score (nSPS) is 16.4. The van der Waals surface area contributed by atoms with E-state index in [1.165, 1.54) is 43.3 Å². The molecule has 1 atom stereocenters. The van der Waals surface area contributed by atoms with Gasteiger partial charge in [-0.2, -0.15) is 0 Å². The highest BCUT2D eigenvalue weighted by Crippen LogP contribution is 2.31. The van der Waals surface area contributed by atoms with Crippen molar-refractivity contribution >= 4 is 11.9 Å². The lowest BCUT2D eigenvalue weighted by molar-refractivity contribution is -0.121. The summed E-state index contributed by atoms with van der Waals surface area (Å²) < 4.78 is 19.4. The molecule has 3 amide bonds. The van der Waals surface area contributed by atoms with Gasteiger partial charge in [-0.1, -0.05) is 12.1 Å². The molecule has 1 N–H and O–H groups in total. The van der Waals surface area contributed by atoms with E-state index in [1.807, 2.05) is 4.90 Å². The number of fused-ring (bicyclic) bond motifs is 1. The molecule has 2 aliphatic rings. The van der Waals surface area contributed by atoms with Crippen LogP contribution < -0.4 is 10.1 Å². The highest BCUT2D eigenvalue weighted by atomic mass is 19.1. The summed E-state index contributed by atoms with van der Waals surface area (Å²) >= 11 is 0. The summed E-state index contributed by atoms with van der Waals surface area (Å²) in [6.07, 6.45) is 6.34. The van der Waals surface area contributed by atoms with Crippen molar-refractivity contribution in [1.82, 2.24) is 20.1 Å². The number of hydrogen-bond acceptors (Lipinski definition) is 4. The second kappa shape index (κ2) is 10.8. The molecule has 1 saturated heterocycles. The van der Waals surface area contributed by atoms with E-state index in [1.54, 1.807) is 18.0 Å². The van der Waals surface area contributed by atoms with Gasteiger partial charge in [-0.15, -0.1) is 0 Å². The molecule has 2 heterocycles. The zero-order valence-electron chi connectivity index (χ0n) is 20.0. The van der Waals surface area contributed by atoms with E-state index in [0.717, 1.165) is 31.4 Å². The van der Waals surface area contributed by atoms with Crippen LogP contribution in [-0.4, -0.2) is 60.5 Å². The van der Waals surface area contributed by atoms with E-state index >= 15 is 0 Å². The van der Waals surface area contributed by atoms with E-state index in [0.29, 0.717) is 25.2 Å². The fourth-order valence-corrected chi connectivity index (χ4v) is 4.89. The summed E-state index contributed by atoms with van der Waals surface area (Å²) in [5.74, 6) is -0.582. The lowest BCUT2D eigenvalue weighted by atomic mass is 9.95. The molecular weight excluding hydrogens is 435 g/mol. The van der Waals surface area contributed by atoms with E-state index in [4.69, 9.17) is 9.72 Å². The number of aromatic nitrogens is 1. The molecule has 0 spiro atoms. The molecule has 7 nitrogen and oxygen atoms in total. The first-order valence-corrected chi connectivity index (χ1v) is 12.1. The second-order valence-corrected chi connectivity index (χ2v) is 8.97. The maximum atomic E-state index is 14.4. The molecule has 0 unspecified atom stereocenters. The zero-order valence-corrected chi connectivity index (χ0v) is 20.0. The molecule has 1 aliphatic heterocycles. The summed E-state index contributed by atoms with van der Waals surface area (Å²) in [6.45, 7) is 1.70. The number of aryl methyl sites for hydroxylation is 3. The predicted octanol–water partition coefficient (Wildman–Crippen LogP) is 3.66. The van der Waals surface area contributed by atoms with E-state index in [2.05, 4.69) is 17.4 Å². The molecule has 1 aliphatic carbocycles. The van der Waals surface area contributed by atoms with E-state index in [-0.39, 0.29) is 24.1 Å². The Labute approximate surface area is 200 Å². The van der Waals surface area contributed by atoms with Crippen LogP contribution in [0.1, 0.15) is 54.2 Å². The Morgan fingerprint density at radius 2 is 2.03 bits per heavy atom. The number of ether oxygens (including phenoxy) is 1. The topological polar surface area (TPSA) is 74.8 Å². The van der Waals surface area contributed by atoms with Crippen LogP contribution in [-0.2, 0) is 24.1 Å². The van der Waals surface area contributed by atoms with Crippen LogP contribution in [0.4, 0.5) is 9.18 Å². The number of nitrogens with one attached hydrogen (secondary N) is 1. The van der Waals surface area contributed by atoms with Gasteiger partial charge < -0.3 is 19.9 Å². The van der Waals surface area contributed by atoms with Crippen LogP contribution in [0.5, 0.6) is 5.75 Å². The maximum Gasteiger partial charge on any atom is 0.320 e. The third kappa shape index (κ3) is 5.32. The van der Waals surface area contributed by atoms with Crippen LogP contribution in [0, 0.1) is 5.82 Å². The molecule has 0 bridgehead atoms. The van der Waals surface area contributed by atoms with Gasteiger partial charge in [0.15, 0.2) is 11.6 Å². The maximum absolute atomic E-state index is 14.4. The molecule has 8 heteroatoms. The number of carbonyl (C=O) groups is 2. The van der Waals surface area contributed by atoms with Crippen molar-refractivity contribution in [2.24, 2.45) is 0 Å². The molecule has 34 heavy (non-hydrogen) atoms. The number of methoxy groups -OCH3 is 1. The molecule has 0 saturated carbocycles. The average molecular weight is 469 g/mol. The lowest BCUT2D eigenvalue weighted by Gasteiger charge is -2.28. The fraction of sp³-hybridized carbons (Fsp3) is 0.500. The molecule has 1 aromatic carbocycles. The lowest BCUT2D eigenvalue weighted by Crippen LogP contribution is -2.37. The third-order valence-corrected chi connectivity index (χ3v) is 6.82. The van der Waals surface area contributed by atoms with Crippen LogP contribution >= 0.6 is 0 Å².